The van der Waals surface area contributed by atoms with E-state index in [0.29, 0.717) is 33.4 Å². The van der Waals surface area contributed by atoms with E-state index in [1.165, 1.54) is 11.8 Å². The number of pyridine rings is 1. The first-order valence-corrected chi connectivity index (χ1v) is 9.34. The van der Waals surface area contributed by atoms with E-state index in [4.69, 9.17) is 25.5 Å². The fraction of sp³-hybridized carbons (Fsp3) is 0.167. The van der Waals surface area contributed by atoms with Gasteiger partial charge in [0, 0.05) is 23.7 Å². The SMILES string of the molecule is COc1ccc(-c2nnc(SCc3cn4cc(Cl)ccc4n3)o2)cc1OC. The van der Waals surface area contributed by atoms with Crippen molar-refractivity contribution in [2.75, 3.05) is 14.2 Å². The molecule has 9 heteroatoms. The first-order chi connectivity index (χ1) is 13.2. The molecular formula is C18H15ClN4O3S. The second-order valence-corrected chi connectivity index (χ2v) is 6.94. The van der Waals surface area contributed by atoms with Crippen LogP contribution in [0.15, 0.2) is 52.4 Å². The zero-order valence-corrected chi connectivity index (χ0v) is 16.1. The van der Waals surface area contributed by atoms with Crippen molar-refractivity contribution in [3.63, 3.8) is 0 Å². The molecule has 0 aliphatic carbocycles. The summed E-state index contributed by atoms with van der Waals surface area (Å²) in [5, 5.41) is 9.33. The lowest BCUT2D eigenvalue weighted by atomic mass is 10.2. The van der Waals surface area contributed by atoms with E-state index in [9.17, 15) is 0 Å². The van der Waals surface area contributed by atoms with Gasteiger partial charge in [-0.15, -0.1) is 10.2 Å². The highest BCUT2D eigenvalue weighted by molar-refractivity contribution is 7.98. The second-order valence-electron chi connectivity index (χ2n) is 5.58. The molecule has 0 fully saturated rings. The number of methoxy groups -OCH3 is 2. The minimum absolute atomic E-state index is 0.417. The molecule has 3 heterocycles. The lowest BCUT2D eigenvalue weighted by Crippen LogP contribution is -1.90. The lowest BCUT2D eigenvalue weighted by molar-refractivity contribution is 0.355. The number of benzene rings is 1. The summed E-state index contributed by atoms with van der Waals surface area (Å²) < 4.78 is 18.2. The Bertz CT molecular complexity index is 1100. The van der Waals surface area contributed by atoms with Crippen LogP contribution in [0, 0.1) is 0 Å². The van der Waals surface area contributed by atoms with E-state index < -0.39 is 0 Å². The van der Waals surface area contributed by atoms with Crippen molar-refractivity contribution in [1.29, 1.82) is 0 Å². The molecular weight excluding hydrogens is 388 g/mol. The quantitative estimate of drug-likeness (QED) is 0.444. The molecule has 0 saturated heterocycles. The summed E-state index contributed by atoms with van der Waals surface area (Å²) >= 11 is 7.42. The van der Waals surface area contributed by atoms with Gasteiger partial charge in [0.2, 0.25) is 5.89 Å². The van der Waals surface area contributed by atoms with Gasteiger partial charge in [-0.3, -0.25) is 0 Å². The summed E-state index contributed by atoms with van der Waals surface area (Å²) in [6, 6.07) is 9.13. The van der Waals surface area contributed by atoms with Crippen molar-refractivity contribution in [3.05, 3.63) is 53.4 Å². The number of hydrogen-bond donors (Lipinski definition) is 0. The number of imidazole rings is 1. The summed E-state index contributed by atoms with van der Waals surface area (Å²) in [6.07, 6.45) is 3.75. The highest BCUT2D eigenvalue weighted by atomic mass is 35.5. The van der Waals surface area contributed by atoms with Crippen LogP contribution in [0.1, 0.15) is 5.69 Å². The molecule has 1 aromatic carbocycles. The summed E-state index contributed by atoms with van der Waals surface area (Å²) in [4.78, 5) is 4.54. The van der Waals surface area contributed by atoms with Crippen LogP contribution in [0.3, 0.4) is 0 Å². The third-order valence-corrected chi connectivity index (χ3v) is 4.92. The topological polar surface area (TPSA) is 74.7 Å². The normalized spacial score (nSPS) is 11.1. The highest BCUT2D eigenvalue weighted by Gasteiger charge is 2.13. The first-order valence-electron chi connectivity index (χ1n) is 7.98. The number of hydrogen-bond acceptors (Lipinski definition) is 7. The van der Waals surface area contributed by atoms with E-state index >= 15 is 0 Å². The maximum atomic E-state index is 6.00. The number of halogens is 1. The van der Waals surface area contributed by atoms with Crippen LogP contribution in [0.5, 0.6) is 11.5 Å². The Morgan fingerprint density at radius 1 is 1.07 bits per heavy atom. The average molecular weight is 403 g/mol. The number of ether oxygens (including phenoxy) is 2. The monoisotopic (exact) mass is 402 g/mol. The molecule has 3 aromatic heterocycles. The van der Waals surface area contributed by atoms with Gasteiger partial charge >= 0.3 is 0 Å². The van der Waals surface area contributed by atoms with Gasteiger partial charge in [0.25, 0.3) is 5.22 Å². The van der Waals surface area contributed by atoms with Gasteiger partial charge in [0.15, 0.2) is 11.5 Å². The van der Waals surface area contributed by atoms with Crippen molar-refractivity contribution in [2.45, 2.75) is 11.0 Å². The Balaban J connectivity index is 1.49. The van der Waals surface area contributed by atoms with Crippen molar-refractivity contribution in [1.82, 2.24) is 19.6 Å². The Hall–Kier alpha value is -2.71. The molecule has 0 unspecified atom stereocenters. The molecule has 0 aliphatic rings. The van der Waals surface area contributed by atoms with E-state index in [1.807, 2.05) is 35.0 Å². The van der Waals surface area contributed by atoms with Crippen molar-refractivity contribution in [3.8, 4) is 23.0 Å². The van der Waals surface area contributed by atoms with Gasteiger partial charge in [-0.25, -0.2) is 4.98 Å². The molecule has 4 rings (SSSR count). The van der Waals surface area contributed by atoms with Crippen molar-refractivity contribution in [2.24, 2.45) is 0 Å². The Morgan fingerprint density at radius 3 is 2.74 bits per heavy atom. The van der Waals surface area contributed by atoms with Crippen molar-refractivity contribution < 1.29 is 13.9 Å². The number of nitrogens with zero attached hydrogens (tertiary/aromatic N) is 4. The third-order valence-electron chi connectivity index (χ3n) is 3.85. The first kappa shape index (κ1) is 17.7. The standard InChI is InChI=1S/C18H15ClN4O3S/c1-24-14-5-3-11(7-15(14)25-2)17-21-22-18(26-17)27-10-13-9-23-8-12(19)4-6-16(23)20-13/h3-9H,10H2,1-2H3. The van der Waals surface area contributed by atoms with Gasteiger partial charge in [-0.1, -0.05) is 23.4 Å². The van der Waals surface area contributed by atoms with Gasteiger partial charge < -0.3 is 18.3 Å². The summed E-state index contributed by atoms with van der Waals surface area (Å²) in [6.45, 7) is 0. The van der Waals surface area contributed by atoms with E-state index in [1.54, 1.807) is 26.4 Å². The molecule has 27 heavy (non-hydrogen) atoms. The predicted octanol–water partition coefficient (Wildman–Crippen LogP) is 4.35. The minimum Gasteiger partial charge on any atom is -0.493 e. The smallest absolute Gasteiger partial charge is 0.277 e. The lowest BCUT2D eigenvalue weighted by Gasteiger charge is -2.07. The van der Waals surface area contributed by atoms with Crippen LogP contribution in [-0.2, 0) is 5.75 Å². The highest BCUT2D eigenvalue weighted by Crippen LogP contribution is 2.33. The van der Waals surface area contributed by atoms with Crippen LogP contribution in [0.4, 0.5) is 0 Å². The minimum atomic E-state index is 0.417. The number of aromatic nitrogens is 4. The molecule has 138 valence electrons. The molecule has 0 aliphatic heterocycles. The van der Waals surface area contributed by atoms with Crippen LogP contribution < -0.4 is 9.47 Å². The van der Waals surface area contributed by atoms with Crippen LogP contribution in [0.25, 0.3) is 17.1 Å². The molecule has 0 radical (unpaired) electrons. The van der Waals surface area contributed by atoms with Crippen LogP contribution >= 0.6 is 23.4 Å². The maximum absolute atomic E-state index is 6.00. The predicted molar refractivity (Wildman–Crippen MR) is 103 cm³/mol. The molecule has 0 spiro atoms. The Morgan fingerprint density at radius 2 is 1.93 bits per heavy atom. The molecule has 0 amide bonds. The molecule has 0 bridgehead atoms. The number of rotatable bonds is 6. The van der Waals surface area contributed by atoms with Gasteiger partial charge in [0.1, 0.15) is 5.65 Å². The average Bonchev–Trinajstić information content (AvgIpc) is 3.32. The number of thioether (sulfide) groups is 1. The molecule has 4 aromatic rings. The van der Waals surface area contributed by atoms with Gasteiger partial charge in [0.05, 0.1) is 24.9 Å². The Kier molecular flexibility index (Phi) is 4.91. The van der Waals surface area contributed by atoms with E-state index in [0.717, 1.165) is 16.9 Å². The van der Waals surface area contributed by atoms with Gasteiger partial charge in [-0.05, 0) is 30.3 Å². The fourth-order valence-electron chi connectivity index (χ4n) is 2.58. The zero-order valence-electron chi connectivity index (χ0n) is 14.5. The second kappa shape index (κ2) is 7.50. The van der Waals surface area contributed by atoms with Gasteiger partial charge in [-0.2, -0.15) is 0 Å². The summed E-state index contributed by atoms with van der Waals surface area (Å²) in [5.74, 6) is 2.26. The molecule has 7 nitrogen and oxygen atoms in total. The van der Waals surface area contributed by atoms with Crippen LogP contribution in [-0.4, -0.2) is 33.8 Å². The molecule has 0 atom stereocenters. The third kappa shape index (κ3) is 3.72. The summed E-state index contributed by atoms with van der Waals surface area (Å²) in [7, 11) is 3.17. The molecule has 0 N–H and O–H groups in total. The van der Waals surface area contributed by atoms with E-state index in [-0.39, 0.29) is 0 Å². The maximum Gasteiger partial charge on any atom is 0.277 e. The van der Waals surface area contributed by atoms with E-state index in [2.05, 4.69) is 15.2 Å². The largest absolute Gasteiger partial charge is 0.493 e. The number of fused-ring (bicyclic) bond motifs is 1. The van der Waals surface area contributed by atoms with Crippen molar-refractivity contribution >= 4 is 29.0 Å². The zero-order chi connectivity index (χ0) is 18.8. The molecule has 0 saturated carbocycles. The summed E-state index contributed by atoms with van der Waals surface area (Å²) in [5.41, 5.74) is 2.49. The fourth-order valence-corrected chi connectivity index (χ4v) is 3.39. The van der Waals surface area contributed by atoms with Crippen LogP contribution in [0.2, 0.25) is 5.02 Å². The Labute approximate surface area is 164 Å².